The second kappa shape index (κ2) is 18.7. The summed E-state index contributed by atoms with van der Waals surface area (Å²) in [6, 6.07) is 0. The fourth-order valence-corrected chi connectivity index (χ4v) is 2.15. The molecule has 0 bridgehead atoms. The van der Waals surface area contributed by atoms with Crippen LogP contribution in [0.25, 0.3) is 0 Å². The Morgan fingerprint density at radius 2 is 1.72 bits per heavy atom. The summed E-state index contributed by atoms with van der Waals surface area (Å²) in [6.07, 6.45) is 24.4. The lowest BCUT2D eigenvalue weighted by Gasteiger charge is -2.07. The molecule has 0 unspecified atom stereocenters. The molecule has 0 aromatic rings. The highest BCUT2D eigenvalue weighted by Crippen LogP contribution is 2.06. The maximum Gasteiger partial charge on any atom is 0.305 e. The number of allylic oxidation sites excluding steroid dienone is 7. The third-order valence-electron chi connectivity index (χ3n) is 3.66. The van der Waals surface area contributed by atoms with Crippen molar-refractivity contribution in [2.45, 2.75) is 70.8 Å². The third-order valence-corrected chi connectivity index (χ3v) is 3.66. The Bertz CT molecular complexity index is 422. The molecule has 1 N–H and O–H groups in total. The number of carbonyl (C=O) groups is 1. The minimum Gasteiger partial charge on any atom is -0.469 e. The van der Waals surface area contributed by atoms with Crippen LogP contribution in [0.1, 0.15) is 64.7 Å². The predicted molar refractivity (Wildman–Crippen MR) is 103 cm³/mol. The number of hydrogen-bond donors (Lipinski definition) is 1. The first-order chi connectivity index (χ1) is 12.2. The van der Waals surface area contributed by atoms with Gasteiger partial charge < -0.3 is 4.74 Å². The number of unbranched alkanes of at least 4 members (excludes halogenated alkanes) is 3. The van der Waals surface area contributed by atoms with Crippen LogP contribution in [0.2, 0.25) is 0 Å². The number of methoxy groups -OCH3 is 1. The van der Waals surface area contributed by atoms with E-state index >= 15 is 0 Å². The van der Waals surface area contributed by atoms with Gasteiger partial charge in [-0.2, -0.15) is 0 Å². The van der Waals surface area contributed by atoms with Crippen LogP contribution in [0, 0.1) is 0 Å². The van der Waals surface area contributed by atoms with E-state index in [9.17, 15) is 4.79 Å². The molecular weight excluding hydrogens is 316 g/mol. The molecule has 142 valence electrons. The van der Waals surface area contributed by atoms with Crippen molar-refractivity contribution >= 4 is 5.97 Å². The van der Waals surface area contributed by atoms with E-state index in [-0.39, 0.29) is 5.97 Å². The first-order valence-electron chi connectivity index (χ1n) is 9.24. The molecule has 0 amide bonds. The summed E-state index contributed by atoms with van der Waals surface area (Å²) in [5, 5.41) is 8.83. The number of rotatable bonds is 15. The highest BCUT2D eigenvalue weighted by molar-refractivity contribution is 5.68. The lowest BCUT2D eigenvalue weighted by molar-refractivity contribution is -0.267. The average Bonchev–Trinajstić information content (AvgIpc) is 2.63. The molecule has 0 saturated heterocycles. The summed E-state index contributed by atoms with van der Waals surface area (Å²) in [4.78, 5) is 15.4. The first-order valence-corrected chi connectivity index (χ1v) is 9.24. The van der Waals surface area contributed by atoms with Gasteiger partial charge in [0.25, 0.3) is 0 Å². The Balaban J connectivity index is 3.77. The van der Waals surface area contributed by atoms with Crippen molar-refractivity contribution in [3.63, 3.8) is 0 Å². The predicted octanol–water partition coefficient (Wildman–Crippen LogP) is 5.77. The fraction of sp³-hybridized carbons (Fsp3) is 0.571. The number of carbonyl (C=O) groups excluding carboxylic acids is 1. The summed E-state index contributed by atoms with van der Waals surface area (Å²) in [5.41, 5.74) is 0. The zero-order chi connectivity index (χ0) is 18.6. The molecule has 4 heteroatoms. The van der Waals surface area contributed by atoms with Gasteiger partial charge in [-0.1, -0.05) is 68.4 Å². The molecule has 25 heavy (non-hydrogen) atoms. The minimum absolute atomic E-state index is 0.247. The molecule has 4 nitrogen and oxygen atoms in total. The van der Waals surface area contributed by atoms with Crippen molar-refractivity contribution in [3.8, 4) is 0 Å². The fourth-order valence-electron chi connectivity index (χ4n) is 2.15. The second-order valence-corrected chi connectivity index (χ2v) is 5.84. The van der Waals surface area contributed by atoms with E-state index in [1.807, 2.05) is 18.2 Å². The molecule has 0 fully saturated rings. The molecule has 0 aromatic heterocycles. The lowest BCUT2D eigenvalue weighted by atomic mass is 10.1. The number of hydrogen-bond acceptors (Lipinski definition) is 4. The zero-order valence-electron chi connectivity index (χ0n) is 15.7. The quantitative estimate of drug-likeness (QED) is 0.102. The van der Waals surface area contributed by atoms with Gasteiger partial charge in [0.05, 0.1) is 7.11 Å². The molecule has 0 aliphatic carbocycles. The average molecular weight is 350 g/mol. The molecular formula is C21H34O4. The van der Waals surface area contributed by atoms with Gasteiger partial charge in [-0.15, -0.1) is 0 Å². The molecule has 0 aliphatic heterocycles. The van der Waals surface area contributed by atoms with Gasteiger partial charge in [-0.05, 0) is 38.5 Å². The van der Waals surface area contributed by atoms with E-state index in [4.69, 9.17) is 5.26 Å². The van der Waals surface area contributed by atoms with Crippen LogP contribution >= 0.6 is 0 Å². The molecule has 1 atom stereocenters. The van der Waals surface area contributed by atoms with Crippen LogP contribution in [0.5, 0.6) is 0 Å². The Morgan fingerprint density at radius 1 is 1.00 bits per heavy atom. The molecule has 0 heterocycles. The molecule has 0 saturated carbocycles. The Morgan fingerprint density at radius 3 is 2.40 bits per heavy atom. The van der Waals surface area contributed by atoms with Gasteiger partial charge in [0, 0.05) is 6.42 Å². The van der Waals surface area contributed by atoms with E-state index in [2.05, 4.69) is 40.9 Å². The standard InChI is InChI=1S/C21H34O4/c1-3-4-5-6-7-8-9-10-11-12-13-14-15-17-20(25-23)18-16-19-21(22)24-2/h7-8,10-11,13-15,17,20,23H,3-6,9,12,16,18-19H2,1-2H3/b8-7-,11-10-,14-13+,17-15+/t20-/m1/s1. The van der Waals surface area contributed by atoms with Crippen LogP contribution in [0.15, 0.2) is 48.6 Å². The maximum atomic E-state index is 11.0. The number of esters is 1. The normalized spacial score (nSPS) is 13.6. The van der Waals surface area contributed by atoms with Crippen LogP contribution < -0.4 is 0 Å². The SMILES string of the molecule is CCCCC/C=C\C/C=C\C/C=C/C=C/[C@H](CCCC(=O)OC)OO. The molecule has 0 spiro atoms. The van der Waals surface area contributed by atoms with Crippen molar-refractivity contribution in [3.05, 3.63) is 48.6 Å². The smallest absolute Gasteiger partial charge is 0.305 e. The van der Waals surface area contributed by atoms with E-state index in [1.54, 1.807) is 6.08 Å². The van der Waals surface area contributed by atoms with E-state index in [0.717, 1.165) is 12.8 Å². The Labute approximate surface area is 152 Å². The highest BCUT2D eigenvalue weighted by atomic mass is 17.1. The summed E-state index contributed by atoms with van der Waals surface area (Å²) in [7, 11) is 1.37. The van der Waals surface area contributed by atoms with Gasteiger partial charge in [0.2, 0.25) is 0 Å². The zero-order valence-corrected chi connectivity index (χ0v) is 15.7. The maximum absolute atomic E-state index is 11.0. The summed E-state index contributed by atoms with van der Waals surface area (Å²) >= 11 is 0. The van der Waals surface area contributed by atoms with Crippen LogP contribution in [-0.2, 0) is 14.4 Å². The van der Waals surface area contributed by atoms with E-state index in [1.165, 1.54) is 32.8 Å². The van der Waals surface area contributed by atoms with Crippen molar-refractivity contribution in [2.24, 2.45) is 0 Å². The summed E-state index contributed by atoms with van der Waals surface area (Å²) < 4.78 is 4.57. The third kappa shape index (κ3) is 17.0. The number of ether oxygens (including phenoxy) is 1. The van der Waals surface area contributed by atoms with Crippen molar-refractivity contribution in [2.75, 3.05) is 7.11 Å². The van der Waals surface area contributed by atoms with E-state index in [0.29, 0.717) is 19.3 Å². The van der Waals surface area contributed by atoms with Gasteiger partial charge in [-0.25, -0.2) is 4.89 Å². The topological polar surface area (TPSA) is 55.8 Å². The Hall–Kier alpha value is -1.65. The summed E-state index contributed by atoms with van der Waals surface area (Å²) in [6.45, 7) is 2.22. The van der Waals surface area contributed by atoms with Gasteiger partial charge in [-0.3, -0.25) is 10.1 Å². The molecule has 0 radical (unpaired) electrons. The lowest BCUT2D eigenvalue weighted by Crippen LogP contribution is -2.08. The minimum atomic E-state index is -0.400. The second-order valence-electron chi connectivity index (χ2n) is 5.84. The monoisotopic (exact) mass is 350 g/mol. The first kappa shape index (κ1) is 23.4. The highest BCUT2D eigenvalue weighted by Gasteiger charge is 2.06. The summed E-state index contributed by atoms with van der Waals surface area (Å²) in [5.74, 6) is -0.247. The van der Waals surface area contributed by atoms with Crippen molar-refractivity contribution < 1.29 is 19.7 Å². The van der Waals surface area contributed by atoms with Crippen molar-refractivity contribution in [1.82, 2.24) is 0 Å². The van der Waals surface area contributed by atoms with Crippen LogP contribution in [-0.4, -0.2) is 24.4 Å². The van der Waals surface area contributed by atoms with Crippen molar-refractivity contribution in [1.29, 1.82) is 0 Å². The Kier molecular flexibility index (Phi) is 17.5. The molecule has 0 aromatic carbocycles. The van der Waals surface area contributed by atoms with Gasteiger partial charge in [0.1, 0.15) is 6.10 Å². The van der Waals surface area contributed by atoms with E-state index < -0.39 is 6.10 Å². The molecule has 0 rings (SSSR count). The molecule has 0 aliphatic rings. The van der Waals surface area contributed by atoms with Gasteiger partial charge >= 0.3 is 5.97 Å². The van der Waals surface area contributed by atoms with Crippen LogP contribution in [0.4, 0.5) is 0 Å². The van der Waals surface area contributed by atoms with Crippen LogP contribution in [0.3, 0.4) is 0 Å². The van der Waals surface area contributed by atoms with Gasteiger partial charge in [0.15, 0.2) is 0 Å². The largest absolute Gasteiger partial charge is 0.469 e.